The lowest BCUT2D eigenvalue weighted by molar-refractivity contribution is -0.384. The van der Waals surface area contributed by atoms with Gasteiger partial charge in [-0.05, 0) is 17.5 Å². The van der Waals surface area contributed by atoms with Crippen molar-refractivity contribution in [3.63, 3.8) is 0 Å². The molecule has 0 saturated carbocycles. The first-order valence-corrected chi connectivity index (χ1v) is 5.85. The van der Waals surface area contributed by atoms with E-state index in [1.54, 1.807) is 6.07 Å². The van der Waals surface area contributed by atoms with Crippen molar-refractivity contribution in [3.05, 3.63) is 38.9 Å². The Labute approximate surface area is 108 Å². The molecule has 0 spiro atoms. The molecule has 0 aromatic heterocycles. The first-order chi connectivity index (χ1) is 8.49. The minimum Gasteiger partial charge on any atom is -0.291 e. The van der Waals surface area contributed by atoms with Crippen molar-refractivity contribution in [2.45, 2.75) is 19.4 Å². The molecule has 2 N–H and O–H groups in total. The van der Waals surface area contributed by atoms with Crippen molar-refractivity contribution in [1.82, 2.24) is 10.9 Å². The summed E-state index contributed by atoms with van der Waals surface area (Å²) in [4.78, 5) is 21.5. The largest absolute Gasteiger partial charge is 0.291 e. The highest BCUT2D eigenvalue weighted by atomic mass is 35.5. The van der Waals surface area contributed by atoms with Gasteiger partial charge in [0.15, 0.2) is 0 Å². The predicted octanol–water partition coefficient (Wildman–Crippen LogP) is 1.95. The summed E-state index contributed by atoms with van der Waals surface area (Å²) in [5.41, 5.74) is 6.00. The Bertz CT molecular complexity index is 506. The van der Waals surface area contributed by atoms with E-state index in [1.807, 2.05) is 6.92 Å². The van der Waals surface area contributed by atoms with Gasteiger partial charge in [0.1, 0.15) is 5.02 Å². The number of carbonyl (C=O) groups excluding carboxylic acids is 1. The van der Waals surface area contributed by atoms with E-state index in [4.69, 9.17) is 11.6 Å². The number of nitro groups is 1. The van der Waals surface area contributed by atoms with E-state index < -0.39 is 4.92 Å². The molecular formula is C11H12ClN3O3. The molecule has 6 nitrogen and oxygen atoms in total. The molecule has 1 heterocycles. The van der Waals surface area contributed by atoms with Crippen LogP contribution < -0.4 is 10.9 Å². The van der Waals surface area contributed by atoms with Crippen molar-refractivity contribution in [2.24, 2.45) is 5.92 Å². The number of amides is 1. The summed E-state index contributed by atoms with van der Waals surface area (Å²) < 4.78 is 0. The molecule has 18 heavy (non-hydrogen) atoms. The molecule has 1 amide bonds. The molecule has 1 aromatic carbocycles. The zero-order valence-corrected chi connectivity index (χ0v) is 10.4. The first-order valence-electron chi connectivity index (χ1n) is 5.47. The molecule has 2 atom stereocenters. The van der Waals surface area contributed by atoms with E-state index >= 15 is 0 Å². The van der Waals surface area contributed by atoms with Gasteiger partial charge < -0.3 is 0 Å². The Balaban J connectivity index is 2.31. The maximum atomic E-state index is 11.2. The van der Waals surface area contributed by atoms with E-state index in [-0.39, 0.29) is 28.6 Å². The number of nitro benzene ring substituents is 1. The lowest BCUT2D eigenvalue weighted by Gasteiger charge is -2.30. The highest BCUT2D eigenvalue weighted by molar-refractivity contribution is 6.32. The van der Waals surface area contributed by atoms with E-state index in [1.165, 1.54) is 12.1 Å². The summed E-state index contributed by atoms with van der Waals surface area (Å²) in [7, 11) is 0. The Morgan fingerprint density at radius 1 is 1.50 bits per heavy atom. The van der Waals surface area contributed by atoms with Gasteiger partial charge in [-0.25, -0.2) is 5.43 Å². The number of benzene rings is 1. The van der Waals surface area contributed by atoms with Crippen LogP contribution in [0.25, 0.3) is 0 Å². The van der Waals surface area contributed by atoms with Crippen molar-refractivity contribution in [3.8, 4) is 0 Å². The third-order valence-corrected chi connectivity index (χ3v) is 3.29. The summed E-state index contributed by atoms with van der Waals surface area (Å²) in [5.74, 6) is -0.0262. The quantitative estimate of drug-likeness (QED) is 0.635. The highest BCUT2D eigenvalue weighted by Crippen LogP contribution is 2.32. The summed E-state index contributed by atoms with van der Waals surface area (Å²) in [6, 6.07) is 4.51. The fraction of sp³-hybridized carbons (Fsp3) is 0.364. The minimum atomic E-state index is -0.516. The average Bonchev–Trinajstić information content (AvgIpc) is 2.30. The molecule has 0 radical (unpaired) electrons. The van der Waals surface area contributed by atoms with Gasteiger partial charge in [0.05, 0.1) is 11.0 Å². The smallest absolute Gasteiger partial charge is 0.288 e. The SMILES string of the molecule is CC1CC(=O)NNC1c1ccc(Cl)c([N+](=O)[O-])c1. The van der Waals surface area contributed by atoms with Crippen LogP contribution in [0.3, 0.4) is 0 Å². The molecule has 1 aromatic rings. The third-order valence-electron chi connectivity index (χ3n) is 2.97. The number of nitrogens with one attached hydrogen (secondary N) is 2. The van der Waals surface area contributed by atoms with Crippen LogP contribution in [0.1, 0.15) is 24.9 Å². The number of nitrogens with zero attached hydrogens (tertiary/aromatic N) is 1. The summed E-state index contributed by atoms with van der Waals surface area (Å²) >= 11 is 5.76. The fourth-order valence-corrected chi connectivity index (χ4v) is 2.22. The van der Waals surface area contributed by atoms with Gasteiger partial charge in [0, 0.05) is 12.5 Å². The summed E-state index contributed by atoms with van der Waals surface area (Å²) in [6.45, 7) is 1.91. The second-order valence-corrected chi connectivity index (χ2v) is 4.73. The van der Waals surface area contributed by atoms with Crippen LogP contribution >= 0.6 is 11.6 Å². The van der Waals surface area contributed by atoms with Crippen LogP contribution in [-0.4, -0.2) is 10.8 Å². The van der Waals surface area contributed by atoms with Crippen molar-refractivity contribution < 1.29 is 9.72 Å². The molecule has 96 valence electrons. The van der Waals surface area contributed by atoms with E-state index in [9.17, 15) is 14.9 Å². The van der Waals surface area contributed by atoms with Gasteiger partial charge in [-0.3, -0.25) is 20.3 Å². The highest BCUT2D eigenvalue weighted by Gasteiger charge is 2.28. The molecule has 7 heteroatoms. The molecule has 0 aliphatic carbocycles. The maximum Gasteiger partial charge on any atom is 0.288 e. The van der Waals surface area contributed by atoms with Crippen LogP contribution in [0.15, 0.2) is 18.2 Å². The molecule has 2 unspecified atom stereocenters. The molecule has 1 aliphatic rings. The predicted molar refractivity (Wildman–Crippen MR) is 65.9 cm³/mol. The van der Waals surface area contributed by atoms with Gasteiger partial charge in [0.25, 0.3) is 5.69 Å². The fourth-order valence-electron chi connectivity index (χ4n) is 2.04. The minimum absolute atomic E-state index is 0.0551. The normalized spacial score (nSPS) is 23.6. The third kappa shape index (κ3) is 2.44. The molecular weight excluding hydrogens is 258 g/mol. The van der Waals surface area contributed by atoms with Crippen LogP contribution in [-0.2, 0) is 4.79 Å². The number of hydrogen-bond acceptors (Lipinski definition) is 4. The molecule has 0 bridgehead atoms. The van der Waals surface area contributed by atoms with E-state index in [0.717, 1.165) is 5.56 Å². The number of hydrazine groups is 1. The Morgan fingerprint density at radius 3 is 2.83 bits per heavy atom. The van der Waals surface area contributed by atoms with Gasteiger partial charge in [-0.1, -0.05) is 24.6 Å². The lowest BCUT2D eigenvalue weighted by Crippen LogP contribution is -2.48. The second-order valence-electron chi connectivity index (χ2n) is 4.32. The topological polar surface area (TPSA) is 84.3 Å². The first kappa shape index (κ1) is 12.8. The molecule has 2 rings (SSSR count). The zero-order chi connectivity index (χ0) is 13.3. The Hall–Kier alpha value is -1.66. The molecule has 1 fully saturated rings. The molecule has 1 aliphatic heterocycles. The van der Waals surface area contributed by atoms with Gasteiger partial charge in [0.2, 0.25) is 5.91 Å². The monoisotopic (exact) mass is 269 g/mol. The number of rotatable bonds is 2. The second kappa shape index (κ2) is 4.91. The zero-order valence-electron chi connectivity index (χ0n) is 9.64. The lowest BCUT2D eigenvalue weighted by atomic mass is 9.90. The Kier molecular flexibility index (Phi) is 3.49. The van der Waals surface area contributed by atoms with Gasteiger partial charge in [-0.15, -0.1) is 0 Å². The number of carbonyl (C=O) groups is 1. The molecule has 1 saturated heterocycles. The van der Waals surface area contributed by atoms with Gasteiger partial charge >= 0.3 is 0 Å². The van der Waals surface area contributed by atoms with Crippen molar-refractivity contribution in [1.29, 1.82) is 0 Å². The van der Waals surface area contributed by atoms with Crippen LogP contribution in [0.2, 0.25) is 5.02 Å². The van der Waals surface area contributed by atoms with E-state index in [2.05, 4.69) is 10.9 Å². The standard InChI is InChI=1S/C11H12ClN3O3/c1-6-4-10(16)13-14-11(6)7-2-3-8(12)9(5-7)15(17)18/h2-3,5-6,11,14H,4H2,1H3,(H,13,16). The van der Waals surface area contributed by atoms with E-state index in [0.29, 0.717) is 6.42 Å². The number of halogens is 1. The van der Waals surface area contributed by atoms with Crippen LogP contribution in [0, 0.1) is 16.0 Å². The van der Waals surface area contributed by atoms with Crippen molar-refractivity contribution in [2.75, 3.05) is 0 Å². The summed E-state index contributed by atoms with van der Waals surface area (Å²) in [6.07, 6.45) is 0.383. The Morgan fingerprint density at radius 2 is 2.22 bits per heavy atom. The van der Waals surface area contributed by atoms with Gasteiger partial charge in [-0.2, -0.15) is 0 Å². The van der Waals surface area contributed by atoms with Crippen molar-refractivity contribution >= 4 is 23.2 Å². The maximum absolute atomic E-state index is 11.2. The van der Waals surface area contributed by atoms with Crippen LogP contribution in [0.4, 0.5) is 5.69 Å². The van der Waals surface area contributed by atoms with Crippen LogP contribution in [0.5, 0.6) is 0 Å². The summed E-state index contributed by atoms with van der Waals surface area (Å²) in [5, 5.41) is 10.9. The number of hydrogen-bond donors (Lipinski definition) is 2. The average molecular weight is 270 g/mol.